The molecule has 0 saturated carbocycles. The summed E-state index contributed by atoms with van der Waals surface area (Å²) in [5.41, 5.74) is 11.1. The van der Waals surface area contributed by atoms with Crippen molar-refractivity contribution in [1.29, 1.82) is 0 Å². The fraction of sp³-hybridized carbons (Fsp3) is 0.360. The van der Waals surface area contributed by atoms with E-state index < -0.39 is 0 Å². The van der Waals surface area contributed by atoms with E-state index in [2.05, 4.69) is 4.98 Å². The normalized spacial score (nSPS) is 25.8. The van der Waals surface area contributed by atoms with Crippen LogP contribution >= 0.6 is 0 Å². The van der Waals surface area contributed by atoms with Crippen molar-refractivity contribution in [2.75, 3.05) is 13.7 Å². The standard InChI is InChI=1S/C25H25N3O4/c1-13-18-11-27-21-6-3-14(9-17(21)19(18)12-31-13)25(29)28-8-7-20(26)24-23(28)16-5-4-15(30-2)10-22(16)32-24/h3-6,9-11,13,20,23-24H,7-8,12,26H2,1-2H3. The van der Waals surface area contributed by atoms with Gasteiger partial charge in [0.05, 0.1) is 31.4 Å². The predicted molar refractivity (Wildman–Crippen MR) is 119 cm³/mol. The third-order valence-electron chi connectivity index (χ3n) is 7.01. The average molecular weight is 431 g/mol. The number of pyridine rings is 1. The van der Waals surface area contributed by atoms with Crippen LogP contribution < -0.4 is 15.2 Å². The molecule has 32 heavy (non-hydrogen) atoms. The Labute approximate surface area is 186 Å². The summed E-state index contributed by atoms with van der Waals surface area (Å²) in [5.74, 6) is 1.44. The van der Waals surface area contributed by atoms with E-state index in [0.29, 0.717) is 25.1 Å². The molecule has 0 bridgehead atoms. The van der Waals surface area contributed by atoms with Crippen molar-refractivity contribution in [3.8, 4) is 11.5 Å². The highest BCUT2D eigenvalue weighted by Gasteiger charge is 2.47. The summed E-state index contributed by atoms with van der Waals surface area (Å²) in [6.07, 6.45) is 2.33. The Bertz CT molecular complexity index is 1240. The molecule has 2 aromatic carbocycles. The summed E-state index contributed by atoms with van der Waals surface area (Å²) in [6.45, 7) is 3.15. The molecular formula is C25H25N3O4. The zero-order valence-electron chi connectivity index (χ0n) is 18.1. The first-order chi connectivity index (χ1) is 15.5. The number of hydrogen-bond acceptors (Lipinski definition) is 6. The fourth-order valence-corrected chi connectivity index (χ4v) is 5.23. The number of methoxy groups -OCH3 is 1. The number of amides is 1. The molecule has 0 radical (unpaired) electrons. The second kappa shape index (κ2) is 7.18. The number of carbonyl (C=O) groups is 1. The lowest BCUT2D eigenvalue weighted by molar-refractivity contribution is 0.0287. The number of nitrogens with zero attached hydrogens (tertiary/aromatic N) is 2. The molecule has 2 N–H and O–H groups in total. The van der Waals surface area contributed by atoms with E-state index in [1.165, 1.54) is 0 Å². The van der Waals surface area contributed by atoms with Crippen molar-refractivity contribution in [3.63, 3.8) is 0 Å². The van der Waals surface area contributed by atoms with Crippen LogP contribution in [0.15, 0.2) is 42.6 Å². The summed E-state index contributed by atoms with van der Waals surface area (Å²) in [5, 5.41) is 0.982. The van der Waals surface area contributed by atoms with Gasteiger partial charge in [-0.15, -0.1) is 0 Å². The minimum absolute atomic E-state index is 0.0226. The average Bonchev–Trinajstić information content (AvgIpc) is 3.39. The number of nitrogens with two attached hydrogens (primary N) is 1. The van der Waals surface area contributed by atoms with Crippen molar-refractivity contribution >= 4 is 16.8 Å². The van der Waals surface area contributed by atoms with Gasteiger partial charge in [0.1, 0.15) is 17.6 Å². The third kappa shape index (κ3) is 2.81. The zero-order valence-corrected chi connectivity index (χ0v) is 18.1. The highest BCUT2D eigenvalue weighted by Crippen LogP contribution is 2.46. The molecule has 4 unspecified atom stereocenters. The fourth-order valence-electron chi connectivity index (χ4n) is 5.23. The Morgan fingerprint density at radius 1 is 1.22 bits per heavy atom. The first-order valence-electron chi connectivity index (χ1n) is 11.0. The first-order valence-corrected chi connectivity index (χ1v) is 11.0. The van der Waals surface area contributed by atoms with Gasteiger partial charge in [-0.3, -0.25) is 9.78 Å². The lowest BCUT2D eigenvalue weighted by atomic mass is 9.90. The van der Waals surface area contributed by atoms with Crippen LogP contribution in [0.3, 0.4) is 0 Å². The molecule has 7 nitrogen and oxygen atoms in total. The van der Waals surface area contributed by atoms with E-state index in [-0.39, 0.29) is 30.2 Å². The van der Waals surface area contributed by atoms with Gasteiger partial charge in [-0.1, -0.05) is 0 Å². The number of piperidine rings is 1. The summed E-state index contributed by atoms with van der Waals surface area (Å²) in [6, 6.07) is 11.1. The first kappa shape index (κ1) is 19.5. The minimum Gasteiger partial charge on any atom is -0.497 e. The molecular weight excluding hydrogens is 406 g/mol. The molecule has 4 atom stereocenters. The smallest absolute Gasteiger partial charge is 0.254 e. The van der Waals surface area contributed by atoms with Crippen molar-refractivity contribution in [1.82, 2.24) is 9.88 Å². The molecule has 164 valence electrons. The van der Waals surface area contributed by atoms with Crippen molar-refractivity contribution in [2.24, 2.45) is 5.73 Å². The third-order valence-corrected chi connectivity index (χ3v) is 7.01. The van der Waals surface area contributed by atoms with Crippen LogP contribution in [-0.4, -0.2) is 41.6 Å². The quantitative estimate of drug-likeness (QED) is 0.668. The molecule has 0 spiro atoms. The second-order valence-corrected chi connectivity index (χ2v) is 8.76. The number of aromatic nitrogens is 1. The lowest BCUT2D eigenvalue weighted by Gasteiger charge is -2.40. The number of rotatable bonds is 2. The number of carbonyl (C=O) groups excluding carboxylic acids is 1. The summed E-state index contributed by atoms with van der Waals surface area (Å²) >= 11 is 0. The molecule has 6 rings (SSSR count). The van der Waals surface area contributed by atoms with Crippen LogP contribution in [0.5, 0.6) is 11.5 Å². The molecule has 3 aromatic rings. The maximum atomic E-state index is 13.7. The van der Waals surface area contributed by atoms with E-state index in [4.69, 9.17) is 19.9 Å². The molecule has 1 fully saturated rings. The van der Waals surface area contributed by atoms with Gasteiger partial charge >= 0.3 is 0 Å². The zero-order chi connectivity index (χ0) is 22.0. The van der Waals surface area contributed by atoms with Gasteiger partial charge in [-0.25, -0.2) is 0 Å². The minimum atomic E-state index is -0.268. The largest absolute Gasteiger partial charge is 0.497 e. The Balaban J connectivity index is 1.40. The van der Waals surface area contributed by atoms with Crippen LogP contribution in [-0.2, 0) is 11.3 Å². The van der Waals surface area contributed by atoms with Gasteiger partial charge < -0.3 is 24.8 Å². The number of hydrogen-bond donors (Lipinski definition) is 1. The van der Waals surface area contributed by atoms with Gasteiger partial charge in [0, 0.05) is 46.9 Å². The number of fused-ring (bicyclic) bond motifs is 6. The Morgan fingerprint density at radius 3 is 2.94 bits per heavy atom. The Morgan fingerprint density at radius 2 is 2.09 bits per heavy atom. The SMILES string of the molecule is COc1ccc2c(c1)OC1C(N)CCN(C(=O)c3ccc4ncc5c(c4c3)COC5C)C21. The molecule has 0 aliphatic carbocycles. The highest BCUT2D eigenvalue weighted by atomic mass is 16.5. The molecule has 7 heteroatoms. The van der Waals surface area contributed by atoms with Gasteiger partial charge in [0.25, 0.3) is 5.91 Å². The Hall–Kier alpha value is -3.16. The van der Waals surface area contributed by atoms with Crippen LogP contribution in [0.4, 0.5) is 0 Å². The van der Waals surface area contributed by atoms with Gasteiger partial charge in [0.2, 0.25) is 0 Å². The predicted octanol–water partition coefficient (Wildman–Crippen LogP) is 3.51. The molecule has 3 aliphatic rings. The topological polar surface area (TPSA) is 86.9 Å². The van der Waals surface area contributed by atoms with E-state index in [9.17, 15) is 4.79 Å². The van der Waals surface area contributed by atoms with Crippen LogP contribution in [0.1, 0.15) is 52.5 Å². The molecule has 4 heterocycles. The Kier molecular flexibility index (Phi) is 4.38. The molecule has 3 aliphatic heterocycles. The van der Waals surface area contributed by atoms with E-state index in [1.807, 2.05) is 54.4 Å². The maximum Gasteiger partial charge on any atom is 0.254 e. The molecule has 1 amide bonds. The number of benzene rings is 2. The van der Waals surface area contributed by atoms with Crippen molar-refractivity contribution < 1.29 is 19.0 Å². The number of likely N-dealkylation sites (tertiary alicyclic amines) is 1. The second-order valence-electron chi connectivity index (χ2n) is 8.76. The molecule has 1 saturated heterocycles. The van der Waals surface area contributed by atoms with Crippen molar-refractivity contribution in [3.05, 3.63) is 64.8 Å². The van der Waals surface area contributed by atoms with Gasteiger partial charge in [-0.05, 0) is 49.2 Å². The lowest BCUT2D eigenvalue weighted by Crippen LogP contribution is -2.54. The van der Waals surface area contributed by atoms with E-state index in [0.717, 1.165) is 39.1 Å². The van der Waals surface area contributed by atoms with E-state index in [1.54, 1.807) is 7.11 Å². The number of ether oxygens (including phenoxy) is 3. The summed E-state index contributed by atoms with van der Waals surface area (Å²) < 4.78 is 17.3. The van der Waals surface area contributed by atoms with Crippen molar-refractivity contribution in [2.45, 2.75) is 44.2 Å². The van der Waals surface area contributed by atoms with Gasteiger partial charge in [-0.2, -0.15) is 0 Å². The van der Waals surface area contributed by atoms with Crippen LogP contribution in [0.2, 0.25) is 0 Å². The maximum absolute atomic E-state index is 13.7. The molecule has 1 aromatic heterocycles. The van der Waals surface area contributed by atoms with Crippen LogP contribution in [0.25, 0.3) is 10.9 Å². The van der Waals surface area contributed by atoms with Gasteiger partial charge in [0.15, 0.2) is 0 Å². The van der Waals surface area contributed by atoms with E-state index >= 15 is 0 Å². The van der Waals surface area contributed by atoms with Crippen LogP contribution in [0, 0.1) is 0 Å². The monoisotopic (exact) mass is 431 g/mol. The summed E-state index contributed by atoms with van der Waals surface area (Å²) in [4.78, 5) is 20.2. The highest BCUT2D eigenvalue weighted by molar-refractivity contribution is 5.99. The summed E-state index contributed by atoms with van der Waals surface area (Å²) in [7, 11) is 1.63.